The van der Waals surface area contributed by atoms with Crippen molar-refractivity contribution in [2.24, 2.45) is 0 Å². The average Bonchev–Trinajstić information content (AvgIpc) is 2.69. The van der Waals surface area contributed by atoms with Crippen molar-refractivity contribution in [3.05, 3.63) is 88.6 Å². The summed E-state index contributed by atoms with van der Waals surface area (Å²) in [7, 11) is 0. The van der Waals surface area contributed by atoms with Gasteiger partial charge >= 0.3 is 0 Å². The van der Waals surface area contributed by atoms with Crippen LogP contribution in [0.2, 0.25) is 0 Å². The molecule has 7 heteroatoms. The Bertz CT molecular complexity index is 1130. The van der Waals surface area contributed by atoms with Crippen molar-refractivity contribution in [2.75, 3.05) is 0 Å². The molecule has 0 unspecified atom stereocenters. The fourth-order valence-electron chi connectivity index (χ4n) is 2.64. The van der Waals surface area contributed by atoms with Crippen LogP contribution in [-0.4, -0.2) is 15.9 Å². The fraction of sp³-hybridized carbons (Fsp3) is 0.0909. The minimum Gasteiger partial charge on any atom is -0.392 e. The van der Waals surface area contributed by atoms with Gasteiger partial charge in [-0.3, -0.25) is 4.79 Å². The summed E-state index contributed by atoms with van der Waals surface area (Å²) in [5.41, 5.74) is -0.0307. The highest BCUT2D eigenvalue weighted by Crippen LogP contribution is 2.25. The van der Waals surface area contributed by atoms with Gasteiger partial charge in [-0.2, -0.15) is 0 Å². The number of aliphatic hydroxyl groups is 1. The number of ketones is 1. The standard InChI is InChI=1S/C22H13F4NO2/c23-14-5-9-17(21(26)10-14)22-13(12-28)4-6-15(27-22)7-8-16(29)11-18-19(24)2-1-3-20(18)25/h1-6,9-10,28H,11-12H2. The number of benzene rings is 2. The highest BCUT2D eigenvalue weighted by molar-refractivity contribution is 5.97. The minimum atomic E-state index is -0.872. The molecule has 1 N–H and O–H groups in total. The number of aromatic nitrogens is 1. The number of halogens is 4. The second-order valence-corrected chi connectivity index (χ2v) is 6.04. The van der Waals surface area contributed by atoms with Crippen LogP contribution in [0.1, 0.15) is 16.8 Å². The SMILES string of the molecule is O=C(C#Cc1ccc(CO)c(-c2ccc(F)cc2F)n1)Cc1c(F)cccc1F. The molecule has 146 valence electrons. The fourth-order valence-corrected chi connectivity index (χ4v) is 2.64. The van der Waals surface area contributed by atoms with Gasteiger partial charge in [0.1, 0.15) is 29.0 Å². The van der Waals surface area contributed by atoms with Crippen molar-refractivity contribution in [3.8, 4) is 23.1 Å². The molecule has 0 aliphatic heterocycles. The third-order valence-corrected chi connectivity index (χ3v) is 4.06. The summed E-state index contributed by atoms with van der Waals surface area (Å²) in [6.45, 7) is -0.446. The molecule has 3 nitrogen and oxygen atoms in total. The Morgan fingerprint density at radius 2 is 1.69 bits per heavy atom. The van der Waals surface area contributed by atoms with Crippen molar-refractivity contribution in [2.45, 2.75) is 13.0 Å². The van der Waals surface area contributed by atoms with Crippen LogP contribution in [0.15, 0.2) is 48.5 Å². The lowest BCUT2D eigenvalue weighted by Crippen LogP contribution is -2.04. The lowest BCUT2D eigenvalue weighted by Gasteiger charge is -2.08. The molecule has 1 aromatic heterocycles. The second-order valence-electron chi connectivity index (χ2n) is 6.04. The predicted molar refractivity (Wildman–Crippen MR) is 97.5 cm³/mol. The number of Topliss-reactive ketones (excluding diaryl/α,β-unsaturated/α-hetero) is 1. The van der Waals surface area contributed by atoms with E-state index >= 15 is 0 Å². The van der Waals surface area contributed by atoms with Crippen molar-refractivity contribution >= 4 is 5.78 Å². The lowest BCUT2D eigenvalue weighted by atomic mass is 10.0. The van der Waals surface area contributed by atoms with Gasteiger partial charge in [-0.05, 0) is 42.2 Å². The van der Waals surface area contributed by atoms with Gasteiger partial charge in [0.2, 0.25) is 5.78 Å². The molecule has 0 aliphatic rings. The molecule has 0 radical (unpaired) electrons. The van der Waals surface area contributed by atoms with Crippen LogP contribution in [0.4, 0.5) is 17.6 Å². The highest BCUT2D eigenvalue weighted by atomic mass is 19.1. The normalized spacial score (nSPS) is 10.4. The van der Waals surface area contributed by atoms with E-state index in [1.165, 1.54) is 24.3 Å². The zero-order valence-corrected chi connectivity index (χ0v) is 14.8. The first kappa shape index (κ1) is 20.2. The molecule has 3 rings (SSSR count). The van der Waals surface area contributed by atoms with E-state index in [1.54, 1.807) is 0 Å². The molecule has 0 fully saturated rings. The largest absolute Gasteiger partial charge is 0.392 e. The van der Waals surface area contributed by atoms with Gasteiger partial charge in [0.05, 0.1) is 12.3 Å². The average molecular weight is 399 g/mol. The molecule has 0 saturated heterocycles. The Morgan fingerprint density at radius 1 is 0.966 bits per heavy atom. The van der Waals surface area contributed by atoms with Crippen LogP contribution in [-0.2, 0) is 17.8 Å². The van der Waals surface area contributed by atoms with Gasteiger partial charge in [0.15, 0.2) is 0 Å². The van der Waals surface area contributed by atoms with E-state index in [2.05, 4.69) is 16.8 Å². The molecule has 29 heavy (non-hydrogen) atoms. The molecule has 3 aromatic rings. The quantitative estimate of drug-likeness (QED) is 0.534. The first-order valence-corrected chi connectivity index (χ1v) is 8.43. The number of carbonyl (C=O) groups excluding carboxylic acids is 1. The van der Waals surface area contributed by atoms with E-state index in [0.29, 0.717) is 6.07 Å². The lowest BCUT2D eigenvalue weighted by molar-refractivity contribution is -0.113. The van der Waals surface area contributed by atoms with E-state index in [4.69, 9.17) is 0 Å². The summed E-state index contributed by atoms with van der Waals surface area (Å²) < 4.78 is 54.5. The van der Waals surface area contributed by atoms with E-state index in [1.807, 2.05) is 0 Å². The second kappa shape index (κ2) is 8.67. The van der Waals surface area contributed by atoms with Crippen LogP contribution < -0.4 is 0 Å². The summed E-state index contributed by atoms with van der Waals surface area (Å²) in [4.78, 5) is 16.1. The monoisotopic (exact) mass is 399 g/mol. The van der Waals surface area contributed by atoms with Gasteiger partial charge in [-0.15, -0.1) is 0 Å². The Labute approximate surface area is 163 Å². The van der Waals surface area contributed by atoms with E-state index in [0.717, 1.165) is 18.2 Å². The molecule has 0 amide bonds. The Balaban J connectivity index is 1.90. The Kier molecular flexibility index (Phi) is 6.05. The van der Waals surface area contributed by atoms with Crippen molar-refractivity contribution in [3.63, 3.8) is 0 Å². The Hall–Kier alpha value is -3.50. The van der Waals surface area contributed by atoms with Gasteiger partial charge < -0.3 is 5.11 Å². The highest BCUT2D eigenvalue weighted by Gasteiger charge is 2.14. The van der Waals surface area contributed by atoms with Gasteiger partial charge in [0, 0.05) is 29.2 Å². The molecule has 0 spiro atoms. The van der Waals surface area contributed by atoms with Gasteiger partial charge in [-0.1, -0.05) is 12.1 Å². The van der Waals surface area contributed by atoms with Crippen LogP contribution in [0.25, 0.3) is 11.3 Å². The first-order chi connectivity index (χ1) is 13.9. The number of rotatable bonds is 4. The van der Waals surface area contributed by atoms with Crippen molar-refractivity contribution in [1.29, 1.82) is 0 Å². The van der Waals surface area contributed by atoms with Gasteiger partial charge in [0.25, 0.3) is 0 Å². The maximum absolute atomic E-state index is 14.1. The summed E-state index contributed by atoms with van der Waals surface area (Å²) >= 11 is 0. The Morgan fingerprint density at radius 3 is 2.34 bits per heavy atom. The smallest absolute Gasteiger partial charge is 0.210 e. The zero-order chi connectivity index (χ0) is 21.0. The number of pyridine rings is 1. The first-order valence-electron chi connectivity index (χ1n) is 8.43. The summed E-state index contributed by atoms with van der Waals surface area (Å²) in [6.07, 6.45) is -0.556. The molecular formula is C22H13F4NO2. The molecule has 0 bridgehead atoms. The minimum absolute atomic E-state index is 0.0427. The predicted octanol–water partition coefficient (Wildman–Crippen LogP) is 3.96. The molecule has 0 atom stereocenters. The third kappa shape index (κ3) is 4.68. The van der Waals surface area contributed by atoms with Crippen LogP contribution in [0, 0.1) is 35.1 Å². The topological polar surface area (TPSA) is 50.2 Å². The van der Waals surface area contributed by atoms with E-state index in [9.17, 15) is 27.5 Å². The summed E-state index contributed by atoms with van der Waals surface area (Å²) in [5, 5.41) is 9.45. The van der Waals surface area contributed by atoms with Crippen LogP contribution in [0.3, 0.4) is 0 Å². The maximum Gasteiger partial charge on any atom is 0.210 e. The molecule has 1 heterocycles. The van der Waals surface area contributed by atoms with Crippen LogP contribution >= 0.6 is 0 Å². The molecule has 0 aliphatic carbocycles. The third-order valence-electron chi connectivity index (χ3n) is 4.06. The molecule has 2 aromatic carbocycles. The number of carbonyl (C=O) groups is 1. The summed E-state index contributed by atoms with van der Waals surface area (Å²) in [5.74, 6) is 0.632. The zero-order valence-electron chi connectivity index (χ0n) is 14.8. The molecular weight excluding hydrogens is 386 g/mol. The number of hydrogen-bond acceptors (Lipinski definition) is 3. The van der Waals surface area contributed by atoms with Crippen molar-refractivity contribution < 1.29 is 27.5 Å². The van der Waals surface area contributed by atoms with E-state index < -0.39 is 42.1 Å². The maximum atomic E-state index is 14.1. The van der Waals surface area contributed by atoms with E-state index in [-0.39, 0.29) is 28.1 Å². The van der Waals surface area contributed by atoms with Crippen LogP contribution in [0.5, 0.6) is 0 Å². The molecule has 0 saturated carbocycles. The number of aliphatic hydroxyl groups excluding tert-OH is 1. The number of hydrogen-bond donors (Lipinski definition) is 1. The van der Waals surface area contributed by atoms with Crippen molar-refractivity contribution in [1.82, 2.24) is 4.98 Å². The summed E-state index contributed by atoms with van der Waals surface area (Å²) in [6, 6.07) is 9.02. The van der Waals surface area contributed by atoms with Gasteiger partial charge in [-0.25, -0.2) is 22.5 Å². The number of nitrogens with zero attached hydrogens (tertiary/aromatic N) is 1.